The first-order chi connectivity index (χ1) is 11.8. The second-order valence-corrected chi connectivity index (χ2v) is 4.99. The molecule has 0 radical (unpaired) electrons. The molecule has 0 saturated heterocycles. The average Bonchev–Trinajstić information content (AvgIpc) is 2.62. The van der Waals surface area contributed by atoms with Crippen molar-refractivity contribution >= 4 is 11.9 Å². The second-order valence-electron chi connectivity index (χ2n) is 4.99. The molecular formula is C12H22KNaO14. The summed E-state index contributed by atoms with van der Waals surface area (Å²) in [5.74, 6) is -3.95. The average molecular weight is 452 g/mol. The van der Waals surface area contributed by atoms with Crippen molar-refractivity contribution in [2.45, 2.75) is 48.8 Å². The number of hydrogen-bond donors (Lipinski definition) is 10. The van der Waals surface area contributed by atoms with E-state index in [9.17, 15) is 19.8 Å². The Labute approximate surface area is 223 Å². The summed E-state index contributed by atoms with van der Waals surface area (Å²) in [6.45, 7) is -1.73. The number of aliphatic carboxylic acids is 2. The number of rotatable bonds is 10. The summed E-state index contributed by atoms with van der Waals surface area (Å²) in [5, 5.41) is 107. The molecule has 0 aliphatic carbocycles. The van der Waals surface area contributed by atoms with E-state index in [-0.39, 0.29) is 80.9 Å². The number of aliphatic hydroxyl groups excluding tert-OH is 10. The van der Waals surface area contributed by atoms with Gasteiger partial charge >= 0.3 is 80.9 Å². The van der Waals surface area contributed by atoms with Crippen molar-refractivity contribution in [2.75, 3.05) is 13.2 Å². The summed E-state index contributed by atoms with van der Waals surface area (Å²) in [5.41, 5.74) is 0. The maximum Gasteiger partial charge on any atom is 1.00 e. The van der Waals surface area contributed by atoms with Crippen molar-refractivity contribution in [2.24, 2.45) is 0 Å². The van der Waals surface area contributed by atoms with Gasteiger partial charge in [-0.15, -0.1) is 0 Å². The molecule has 0 aromatic carbocycles. The molecule has 8 atom stereocenters. The molecule has 14 nitrogen and oxygen atoms in total. The molecule has 0 bridgehead atoms. The van der Waals surface area contributed by atoms with E-state index in [0.717, 1.165) is 0 Å². The zero-order valence-corrected chi connectivity index (χ0v) is 20.3. The van der Waals surface area contributed by atoms with E-state index in [0.29, 0.717) is 0 Å². The minimum Gasteiger partial charge on any atom is -0.547 e. The Balaban J connectivity index is -0.000000192. The molecule has 0 aromatic rings. The van der Waals surface area contributed by atoms with E-state index >= 15 is 0 Å². The third-order valence-corrected chi connectivity index (χ3v) is 2.99. The molecule has 0 saturated carbocycles. The van der Waals surface area contributed by atoms with Crippen molar-refractivity contribution in [3.63, 3.8) is 0 Å². The summed E-state index contributed by atoms with van der Waals surface area (Å²) in [7, 11) is 0. The van der Waals surface area contributed by atoms with Crippen LogP contribution in [0.1, 0.15) is 0 Å². The van der Waals surface area contributed by atoms with Crippen molar-refractivity contribution in [3.05, 3.63) is 0 Å². The Kier molecular flexibility index (Phi) is 24.7. The van der Waals surface area contributed by atoms with E-state index in [2.05, 4.69) is 0 Å². The molecule has 16 heteroatoms. The van der Waals surface area contributed by atoms with Crippen LogP contribution >= 0.6 is 0 Å². The van der Waals surface area contributed by atoms with Crippen molar-refractivity contribution in [1.29, 1.82) is 0 Å². The minimum absolute atomic E-state index is 0. The molecule has 0 amide bonds. The molecule has 0 heterocycles. The molecule has 156 valence electrons. The van der Waals surface area contributed by atoms with Gasteiger partial charge in [0, 0.05) is 0 Å². The first-order valence-electron chi connectivity index (χ1n) is 6.91. The molecule has 0 aliphatic heterocycles. The van der Waals surface area contributed by atoms with Crippen molar-refractivity contribution in [3.8, 4) is 0 Å². The van der Waals surface area contributed by atoms with Crippen molar-refractivity contribution in [1.82, 2.24) is 0 Å². The summed E-state index contributed by atoms with van der Waals surface area (Å²) in [4.78, 5) is 20.0. The molecule has 10 N–H and O–H groups in total. The zero-order valence-electron chi connectivity index (χ0n) is 15.1. The number of carboxylic acid groups (broad SMARTS) is 2. The van der Waals surface area contributed by atoms with Crippen LogP contribution in [0.15, 0.2) is 0 Å². The summed E-state index contributed by atoms with van der Waals surface area (Å²) >= 11 is 0. The van der Waals surface area contributed by atoms with Gasteiger partial charge in [-0.1, -0.05) is 0 Å². The predicted molar refractivity (Wildman–Crippen MR) is 72.2 cm³/mol. The van der Waals surface area contributed by atoms with Crippen LogP contribution in [0, 0.1) is 0 Å². The van der Waals surface area contributed by atoms with Crippen LogP contribution in [-0.4, -0.2) is 125 Å². The molecule has 0 spiro atoms. The molecule has 0 unspecified atom stereocenters. The first-order valence-corrected chi connectivity index (χ1v) is 6.91. The number of hydrogen-bond acceptors (Lipinski definition) is 14. The van der Waals surface area contributed by atoms with Gasteiger partial charge in [0.25, 0.3) is 0 Å². The number of carbonyl (C=O) groups is 2. The molecule has 0 fully saturated rings. The van der Waals surface area contributed by atoms with Gasteiger partial charge in [-0.2, -0.15) is 0 Å². The molecule has 0 aliphatic rings. The van der Waals surface area contributed by atoms with E-state index < -0.39 is 74.0 Å². The van der Waals surface area contributed by atoms with Gasteiger partial charge in [-0.25, -0.2) is 0 Å². The maximum absolute atomic E-state index is 9.98. The van der Waals surface area contributed by atoms with Gasteiger partial charge in [-0.3, -0.25) is 0 Å². The van der Waals surface area contributed by atoms with Gasteiger partial charge in [0.2, 0.25) is 0 Å². The van der Waals surface area contributed by atoms with Crippen LogP contribution in [0.3, 0.4) is 0 Å². The molecule has 0 aromatic heterocycles. The SMILES string of the molecule is O=C([O-])[C@H](O)[C@@H](O)[C@H](O)[C@H](O)CO.O=C([O-])[C@H](O)[C@@H](O)[C@H](O)[C@H](O)CO.[K+].[Na+]. The summed E-state index contributed by atoms with van der Waals surface area (Å²) in [6.07, 6.45) is -16.2. The van der Waals surface area contributed by atoms with Gasteiger partial charge < -0.3 is 70.9 Å². The smallest absolute Gasteiger partial charge is 0.547 e. The fourth-order valence-corrected chi connectivity index (χ4v) is 1.32. The first kappa shape index (κ1) is 36.5. The minimum atomic E-state index is -2.31. The number of carbonyl (C=O) groups excluding carboxylic acids is 2. The van der Waals surface area contributed by atoms with Gasteiger partial charge in [0.05, 0.1) is 25.2 Å². The van der Waals surface area contributed by atoms with Crippen LogP contribution in [0.4, 0.5) is 0 Å². The van der Waals surface area contributed by atoms with Crippen LogP contribution in [0.2, 0.25) is 0 Å². The fraction of sp³-hybridized carbons (Fsp3) is 0.833. The fourth-order valence-electron chi connectivity index (χ4n) is 1.32. The molecule has 28 heavy (non-hydrogen) atoms. The Morgan fingerprint density at radius 2 is 0.821 bits per heavy atom. The number of aliphatic hydroxyl groups is 10. The zero-order chi connectivity index (χ0) is 21.2. The van der Waals surface area contributed by atoms with E-state index in [1.807, 2.05) is 0 Å². The van der Waals surface area contributed by atoms with Crippen LogP contribution < -0.4 is 91.2 Å². The Bertz CT molecular complexity index is 391. The van der Waals surface area contributed by atoms with Crippen LogP contribution in [0.5, 0.6) is 0 Å². The Hall–Kier alpha value is 1.18. The normalized spacial score (nSPS) is 18.9. The topological polar surface area (TPSA) is 283 Å². The largest absolute Gasteiger partial charge is 1.00 e. The van der Waals surface area contributed by atoms with Gasteiger partial charge in [0.1, 0.15) is 48.8 Å². The summed E-state index contributed by atoms with van der Waals surface area (Å²) < 4.78 is 0. The standard InChI is InChI=1S/2C6H12O7.K.Na/c2*7-1-2(8)3(9)4(10)5(11)6(12)13;;/h2*2-5,7-11H,1H2,(H,12,13);;/q;;2*+1/p-2/t2*2-,3-,4+,5-;;/m11../s1. The maximum atomic E-state index is 9.98. The second kappa shape index (κ2) is 18.9. The Morgan fingerprint density at radius 3 is 0.964 bits per heavy atom. The van der Waals surface area contributed by atoms with Crippen LogP contribution in [-0.2, 0) is 9.59 Å². The number of carboxylic acids is 2. The van der Waals surface area contributed by atoms with Gasteiger partial charge in [-0.05, 0) is 0 Å². The Morgan fingerprint density at radius 1 is 0.607 bits per heavy atom. The van der Waals surface area contributed by atoms with E-state index in [4.69, 9.17) is 51.1 Å². The summed E-state index contributed by atoms with van der Waals surface area (Å²) in [6, 6.07) is 0. The monoisotopic (exact) mass is 452 g/mol. The third kappa shape index (κ3) is 13.5. The van der Waals surface area contributed by atoms with Crippen LogP contribution in [0.25, 0.3) is 0 Å². The molecule has 0 rings (SSSR count). The van der Waals surface area contributed by atoms with Crippen molar-refractivity contribution < 1.29 is 152 Å². The van der Waals surface area contributed by atoms with Gasteiger partial charge in [0.15, 0.2) is 0 Å². The van der Waals surface area contributed by atoms with E-state index in [1.165, 1.54) is 0 Å². The predicted octanol–water partition coefficient (Wildman–Crippen LogP) is -15.6. The molecular weight excluding hydrogens is 430 g/mol. The quantitative estimate of drug-likeness (QED) is 0.138. The third-order valence-electron chi connectivity index (χ3n) is 2.99. The van der Waals surface area contributed by atoms with E-state index in [1.54, 1.807) is 0 Å².